The van der Waals surface area contributed by atoms with Crippen LogP contribution in [0, 0.1) is 11.3 Å². The van der Waals surface area contributed by atoms with Gasteiger partial charge in [-0.1, -0.05) is 24.5 Å². The van der Waals surface area contributed by atoms with Crippen LogP contribution in [0.3, 0.4) is 0 Å². The van der Waals surface area contributed by atoms with Gasteiger partial charge in [-0.25, -0.2) is 4.68 Å². The molecule has 0 bridgehead atoms. The van der Waals surface area contributed by atoms with Crippen molar-refractivity contribution in [3.05, 3.63) is 22.2 Å². The van der Waals surface area contributed by atoms with Gasteiger partial charge in [0.2, 0.25) is 0 Å². The molecular weight excluding hydrogens is 292 g/mol. The maximum atomic E-state index is 8.95. The van der Waals surface area contributed by atoms with E-state index in [1.807, 2.05) is 10.7 Å². The molecule has 1 aromatic heterocycles. The Hall–Kier alpha value is -1.41. The molecule has 0 radical (unpaired) electrons. The third-order valence-electron chi connectivity index (χ3n) is 3.57. The van der Waals surface area contributed by atoms with Crippen molar-refractivity contribution in [1.82, 2.24) is 15.0 Å². The number of hydrogen-bond donors (Lipinski definition) is 0. The monoisotopic (exact) mass is 304 g/mol. The van der Waals surface area contributed by atoms with Gasteiger partial charge in [0.1, 0.15) is 11.0 Å². The molecule has 0 saturated heterocycles. The van der Waals surface area contributed by atoms with E-state index in [0.29, 0.717) is 11.6 Å². The predicted molar refractivity (Wildman–Crippen MR) is 72.1 cm³/mol. The van der Waals surface area contributed by atoms with Crippen LogP contribution in [-0.4, -0.2) is 15.0 Å². The van der Waals surface area contributed by atoms with Crippen molar-refractivity contribution in [3.63, 3.8) is 0 Å². The van der Waals surface area contributed by atoms with Gasteiger partial charge in [0, 0.05) is 4.47 Å². The molecule has 1 heterocycles. The van der Waals surface area contributed by atoms with Gasteiger partial charge in [-0.3, -0.25) is 0 Å². The highest BCUT2D eigenvalue weighted by atomic mass is 79.9. The fourth-order valence-corrected chi connectivity index (χ4v) is 3.31. The SMILES string of the molecule is N#Cc1cc(Br)c2c(c1)nnn2C1CCCCC1. The van der Waals surface area contributed by atoms with E-state index < -0.39 is 0 Å². The number of nitriles is 1. The summed E-state index contributed by atoms with van der Waals surface area (Å²) in [5, 5.41) is 17.4. The summed E-state index contributed by atoms with van der Waals surface area (Å²) < 4.78 is 2.94. The largest absolute Gasteiger partial charge is 0.240 e. The Balaban J connectivity index is 2.11. The number of hydrogen-bond acceptors (Lipinski definition) is 3. The molecule has 0 amide bonds. The normalized spacial score (nSPS) is 16.9. The highest BCUT2D eigenvalue weighted by Crippen LogP contribution is 2.32. The van der Waals surface area contributed by atoms with E-state index in [1.54, 1.807) is 6.07 Å². The highest BCUT2D eigenvalue weighted by molar-refractivity contribution is 9.10. The Morgan fingerprint density at radius 2 is 2.06 bits per heavy atom. The fraction of sp³-hybridized carbons (Fsp3) is 0.462. The zero-order valence-electron chi connectivity index (χ0n) is 9.93. The third-order valence-corrected chi connectivity index (χ3v) is 4.18. The summed E-state index contributed by atoms with van der Waals surface area (Å²) in [5.74, 6) is 0. The van der Waals surface area contributed by atoms with E-state index in [9.17, 15) is 0 Å². The van der Waals surface area contributed by atoms with E-state index in [2.05, 4.69) is 32.3 Å². The van der Waals surface area contributed by atoms with Crippen molar-refractivity contribution in [1.29, 1.82) is 5.26 Å². The van der Waals surface area contributed by atoms with Crippen LogP contribution >= 0.6 is 15.9 Å². The van der Waals surface area contributed by atoms with Crippen molar-refractivity contribution < 1.29 is 0 Å². The number of aromatic nitrogens is 3. The summed E-state index contributed by atoms with van der Waals surface area (Å²) >= 11 is 3.53. The molecular formula is C13H13BrN4. The van der Waals surface area contributed by atoms with Gasteiger partial charge in [-0.2, -0.15) is 5.26 Å². The highest BCUT2D eigenvalue weighted by Gasteiger charge is 2.20. The minimum Gasteiger partial charge on any atom is -0.240 e. The first-order chi connectivity index (χ1) is 8.79. The molecule has 0 spiro atoms. The maximum absolute atomic E-state index is 8.95. The van der Waals surface area contributed by atoms with E-state index in [0.717, 1.165) is 15.5 Å². The summed E-state index contributed by atoms with van der Waals surface area (Å²) in [5.41, 5.74) is 2.43. The maximum Gasteiger partial charge on any atom is 0.115 e. The molecule has 1 aliphatic rings. The first-order valence-corrected chi connectivity index (χ1v) is 7.03. The Bertz CT molecular complexity index is 620. The van der Waals surface area contributed by atoms with Gasteiger partial charge in [-0.05, 0) is 40.9 Å². The summed E-state index contributed by atoms with van der Waals surface area (Å²) in [4.78, 5) is 0. The Morgan fingerprint density at radius 3 is 2.78 bits per heavy atom. The molecule has 1 saturated carbocycles. The van der Waals surface area contributed by atoms with Gasteiger partial charge >= 0.3 is 0 Å². The fourth-order valence-electron chi connectivity index (χ4n) is 2.67. The van der Waals surface area contributed by atoms with Crippen LogP contribution < -0.4 is 0 Å². The average Bonchev–Trinajstić information content (AvgIpc) is 2.84. The lowest BCUT2D eigenvalue weighted by atomic mass is 9.95. The van der Waals surface area contributed by atoms with Crippen LogP contribution in [0.4, 0.5) is 0 Å². The van der Waals surface area contributed by atoms with E-state index in [-0.39, 0.29) is 0 Å². The van der Waals surface area contributed by atoms with Crippen molar-refractivity contribution >= 4 is 27.0 Å². The molecule has 92 valence electrons. The standard InChI is InChI=1S/C13H13BrN4/c14-11-6-9(8-15)7-12-13(11)18(17-16-12)10-4-2-1-3-5-10/h6-7,10H,1-5H2. The molecule has 18 heavy (non-hydrogen) atoms. The van der Waals surface area contributed by atoms with Crippen molar-refractivity contribution in [2.24, 2.45) is 0 Å². The van der Waals surface area contributed by atoms with E-state index in [1.165, 1.54) is 32.1 Å². The van der Waals surface area contributed by atoms with Crippen LogP contribution in [0.15, 0.2) is 16.6 Å². The number of fused-ring (bicyclic) bond motifs is 1. The molecule has 2 aromatic rings. The topological polar surface area (TPSA) is 54.5 Å². The van der Waals surface area contributed by atoms with Gasteiger partial charge in [0.15, 0.2) is 0 Å². The molecule has 1 aromatic carbocycles. The van der Waals surface area contributed by atoms with Gasteiger partial charge < -0.3 is 0 Å². The first-order valence-electron chi connectivity index (χ1n) is 6.24. The summed E-state index contributed by atoms with van der Waals surface area (Å²) in [7, 11) is 0. The smallest absolute Gasteiger partial charge is 0.115 e. The molecule has 4 nitrogen and oxygen atoms in total. The average molecular weight is 305 g/mol. The van der Waals surface area contributed by atoms with Crippen LogP contribution in [0.25, 0.3) is 11.0 Å². The zero-order chi connectivity index (χ0) is 12.5. The van der Waals surface area contributed by atoms with Gasteiger partial charge in [-0.15, -0.1) is 5.10 Å². The minimum atomic E-state index is 0.452. The second kappa shape index (κ2) is 4.69. The quantitative estimate of drug-likeness (QED) is 0.809. The van der Waals surface area contributed by atoms with Gasteiger partial charge in [0.25, 0.3) is 0 Å². The molecule has 1 fully saturated rings. The van der Waals surface area contributed by atoms with E-state index in [4.69, 9.17) is 5.26 Å². The molecule has 0 N–H and O–H groups in total. The molecule has 1 aliphatic carbocycles. The second-order valence-corrected chi connectivity index (χ2v) is 5.62. The summed E-state index contributed by atoms with van der Waals surface area (Å²) in [6, 6.07) is 6.23. The van der Waals surface area contributed by atoms with Crippen molar-refractivity contribution in [2.45, 2.75) is 38.1 Å². The molecule has 5 heteroatoms. The lowest BCUT2D eigenvalue weighted by molar-refractivity contribution is 0.331. The Kier molecular flexibility index (Phi) is 3.04. The number of halogens is 1. The number of rotatable bonds is 1. The van der Waals surface area contributed by atoms with Crippen LogP contribution in [0.2, 0.25) is 0 Å². The molecule has 0 unspecified atom stereocenters. The Morgan fingerprint density at radius 1 is 1.28 bits per heavy atom. The summed E-state index contributed by atoms with van der Waals surface area (Å²) in [6.07, 6.45) is 6.19. The van der Waals surface area contributed by atoms with Crippen LogP contribution in [0.5, 0.6) is 0 Å². The summed E-state index contributed by atoms with van der Waals surface area (Å²) in [6.45, 7) is 0. The Labute approximate surface area is 114 Å². The van der Waals surface area contributed by atoms with Crippen molar-refractivity contribution in [3.8, 4) is 6.07 Å². The van der Waals surface area contributed by atoms with Crippen LogP contribution in [0.1, 0.15) is 43.7 Å². The molecule has 0 atom stereocenters. The lowest BCUT2D eigenvalue weighted by Crippen LogP contribution is -2.14. The number of nitrogens with zero attached hydrogens (tertiary/aromatic N) is 4. The van der Waals surface area contributed by atoms with Gasteiger partial charge in [0.05, 0.1) is 17.7 Å². The van der Waals surface area contributed by atoms with E-state index >= 15 is 0 Å². The number of benzene rings is 1. The molecule has 3 rings (SSSR count). The lowest BCUT2D eigenvalue weighted by Gasteiger charge is -2.22. The molecule has 0 aliphatic heterocycles. The first kappa shape index (κ1) is 11.7. The second-order valence-electron chi connectivity index (χ2n) is 4.76. The van der Waals surface area contributed by atoms with Crippen molar-refractivity contribution in [2.75, 3.05) is 0 Å². The minimum absolute atomic E-state index is 0.452. The zero-order valence-corrected chi connectivity index (χ0v) is 11.5. The third kappa shape index (κ3) is 1.91. The predicted octanol–water partition coefficient (Wildman–Crippen LogP) is 3.57. The van der Waals surface area contributed by atoms with Crippen LogP contribution in [-0.2, 0) is 0 Å².